The molecule has 0 amide bonds. The molecule has 7 heteroatoms. The number of carbonyl (C=O) groups excluding carboxylic acids is 1. The van der Waals surface area contributed by atoms with Crippen LogP contribution in [0.15, 0.2) is 40.2 Å². The van der Waals surface area contributed by atoms with Crippen LogP contribution in [0.2, 0.25) is 0 Å². The van der Waals surface area contributed by atoms with Crippen LogP contribution in [0, 0.1) is 0 Å². The van der Waals surface area contributed by atoms with E-state index in [0.717, 1.165) is 18.9 Å². The Morgan fingerprint density at radius 2 is 2.00 bits per heavy atom. The Morgan fingerprint density at radius 3 is 2.62 bits per heavy atom. The number of nitrogens with one attached hydrogen (secondary N) is 2. The third-order valence-corrected chi connectivity index (χ3v) is 4.13. The van der Waals surface area contributed by atoms with Crippen molar-refractivity contribution >= 4 is 47.7 Å². The van der Waals surface area contributed by atoms with Gasteiger partial charge in [-0.25, -0.2) is 0 Å². The molecular formula is C17H28IN3O2S. The molecule has 0 aliphatic carbocycles. The number of aliphatic imine (C=N–C) groups is 1. The zero-order valence-corrected chi connectivity index (χ0v) is 17.7. The van der Waals surface area contributed by atoms with Crippen LogP contribution < -0.4 is 10.6 Å². The second-order valence-electron chi connectivity index (χ2n) is 5.03. The molecular weight excluding hydrogens is 437 g/mol. The molecule has 0 spiro atoms. The highest BCUT2D eigenvalue weighted by Crippen LogP contribution is 2.21. The molecule has 5 nitrogen and oxygen atoms in total. The van der Waals surface area contributed by atoms with Crippen LogP contribution in [0.1, 0.15) is 26.7 Å². The lowest BCUT2D eigenvalue weighted by Gasteiger charge is -2.15. The number of hydrogen-bond acceptors (Lipinski definition) is 4. The molecule has 1 unspecified atom stereocenters. The molecule has 0 heterocycles. The largest absolute Gasteiger partial charge is 0.466 e. The molecule has 0 saturated carbocycles. The lowest BCUT2D eigenvalue weighted by Crippen LogP contribution is -2.40. The van der Waals surface area contributed by atoms with Gasteiger partial charge in [-0.2, -0.15) is 0 Å². The molecule has 2 N–H and O–H groups in total. The number of ether oxygens (including phenoxy) is 1. The maximum atomic E-state index is 11.2. The summed E-state index contributed by atoms with van der Waals surface area (Å²) in [6.45, 7) is 5.94. The van der Waals surface area contributed by atoms with Crippen LogP contribution in [-0.2, 0) is 9.53 Å². The highest BCUT2D eigenvalue weighted by Gasteiger charge is 2.06. The van der Waals surface area contributed by atoms with Gasteiger partial charge in [-0.15, -0.1) is 35.7 Å². The molecule has 0 aliphatic rings. The topological polar surface area (TPSA) is 62.7 Å². The van der Waals surface area contributed by atoms with Gasteiger partial charge in [-0.1, -0.05) is 25.1 Å². The average molecular weight is 465 g/mol. The van der Waals surface area contributed by atoms with Crippen LogP contribution in [0.3, 0.4) is 0 Å². The average Bonchev–Trinajstić information content (AvgIpc) is 2.55. The van der Waals surface area contributed by atoms with E-state index >= 15 is 0 Å². The van der Waals surface area contributed by atoms with Gasteiger partial charge in [0, 0.05) is 36.7 Å². The first-order valence-electron chi connectivity index (χ1n) is 7.97. The second kappa shape index (κ2) is 14.4. The summed E-state index contributed by atoms with van der Waals surface area (Å²) in [5, 5.41) is 6.94. The summed E-state index contributed by atoms with van der Waals surface area (Å²) in [6, 6.07) is 10.3. The fourth-order valence-electron chi connectivity index (χ4n) is 1.91. The van der Waals surface area contributed by atoms with Gasteiger partial charge in [0.1, 0.15) is 0 Å². The Bertz CT molecular complexity index is 486. The number of carbonyl (C=O) groups is 1. The predicted octanol–water partition coefficient (Wildman–Crippen LogP) is 3.29. The van der Waals surface area contributed by atoms with Gasteiger partial charge in [0.2, 0.25) is 0 Å². The number of thioether (sulfide) groups is 1. The molecule has 1 atom stereocenters. The predicted molar refractivity (Wildman–Crippen MR) is 112 cm³/mol. The first-order valence-corrected chi connectivity index (χ1v) is 8.85. The Labute approximate surface area is 166 Å². The van der Waals surface area contributed by atoms with Gasteiger partial charge in [-0.05, 0) is 25.5 Å². The van der Waals surface area contributed by atoms with Crippen molar-refractivity contribution in [2.45, 2.75) is 36.8 Å². The van der Waals surface area contributed by atoms with Crippen molar-refractivity contribution in [2.75, 3.05) is 26.7 Å². The SMILES string of the molecule is CCOC(=O)CCCNC(=NC)NCC(C)Sc1ccccc1.I. The van der Waals surface area contributed by atoms with Crippen molar-refractivity contribution in [1.29, 1.82) is 0 Å². The number of nitrogens with zero attached hydrogens (tertiary/aromatic N) is 1. The van der Waals surface area contributed by atoms with Crippen molar-refractivity contribution in [1.82, 2.24) is 10.6 Å². The maximum Gasteiger partial charge on any atom is 0.305 e. The minimum atomic E-state index is -0.148. The molecule has 0 saturated heterocycles. The number of esters is 1. The quantitative estimate of drug-likeness (QED) is 0.146. The summed E-state index contributed by atoms with van der Waals surface area (Å²) in [5.74, 6) is 0.611. The van der Waals surface area contributed by atoms with Crippen molar-refractivity contribution in [2.24, 2.45) is 4.99 Å². The summed E-state index contributed by atoms with van der Waals surface area (Å²) in [6.07, 6.45) is 1.16. The molecule has 1 rings (SSSR count). The normalized spacial score (nSPS) is 12.0. The molecule has 1 aromatic rings. The van der Waals surface area contributed by atoms with Crippen molar-refractivity contribution in [3.63, 3.8) is 0 Å². The summed E-state index contributed by atoms with van der Waals surface area (Å²) < 4.78 is 4.90. The summed E-state index contributed by atoms with van der Waals surface area (Å²) in [4.78, 5) is 16.7. The van der Waals surface area contributed by atoms with Gasteiger partial charge in [0.05, 0.1) is 6.61 Å². The van der Waals surface area contributed by atoms with Crippen LogP contribution in [-0.4, -0.2) is 43.9 Å². The van der Waals surface area contributed by atoms with E-state index in [0.29, 0.717) is 24.8 Å². The molecule has 24 heavy (non-hydrogen) atoms. The number of hydrogen-bond donors (Lipinski definition) is 2. The van der Waals surface area contributed by atoms with Crippen LogP contribution in [0.5, 0.6) is 0 Å². The van der Waals surface area contributed by atoms with E-state index < -0.39 is 0 Å². The third-order valence-electron chi connectivity index (χ3n) is 3.02. The number of benzene rings is 1. The number of guanidine groups is 1. The minimum Gasteiger partial charge on any atom is -0.466 e. The zero-order valence-electron chi connectivity index (χ0n) is 14.6. The van der Waals surface area contributed by atoms with E-state index in [4.69, 9.17) is 4.74 Å². The second-order valence-corrected chi connectivity index (χ2v) is 6.54. The minimum absolute atomic E-state index is 0. The van der Waals surface area contributed by atoms with E-state index in [2.05, 4.69) is 34.7 Å². The lowest BCUT2D eigenvalue weighted by atomic mass is 10.3. The molecule has 0 bridgehead atoms. The Hall–Kier alpha value is -0.960. The van der Waals surface area contributed by atoms with Crippen molar-refractivity contribution < 1.29 is 9.53 Å². The third kappa shape index (κ3) is 10.7. The first-order chi connectivity index (χ1) is 11.2. The van der Waals surface area contributed by atoms with E-state index in [1.54, 1.807) is 7.05 Å². The fraction of sp³-hybridized carbons (Fsp3) is 0.529. The fourth-order valence-corrected chi connectivity index (χ4v) is 2.85. The van der Waals surface area contributed by atoms with Gasteiger partial charge >= 0.3 is 5.97 Å². The van der Waals surface area contributed by atoms with Gasteiger partial charge in [0.15, 0.2) is 5.96 Å². The smallest absolute Gasteiger partial charge is 0.305 e. The summed E-state index contributed by atoms with van der Waals surface area (Å²) >= 11 is 1.83. The summed E-state index contributed by atoms with van der Waals surface area (Å²) in [5.41, 5.74) is 0. The van der Waals surface area contributed by atoms with E-state index in [1.807, 2.05) is 36.9 Å². The lowest BCUT2D eigenvalue weighted by molar-refractivity contribution is -0.143. The Balaban J connectivity index is 0.00000529. The maximum absolute atomic E-state index is 11.2. The first kappa shape index (κ1) is 23.0. The van der Waals surface area contributed by atoms with Gasteiger partial charge in [-0.3, -0.25) is 9.79 Å². The van der Waals surface area contributed by atoms with E-state index in [1.165, 1.54) is 4.90 Å². The van der Waals surface area contributed by atoms with Gasteiger partial charge in [0.25, 0.3) is 0 Å². The van der Waals surface area contributed by atoms with Crippen molar-refractivity contribution in [3.05, 3.63) is 30.3 Å². The molecule has 0 fully saturated rings. The number of halogens is 1. The highest BCUT2D eigenvalue weighted by atomic mass is 127. The van der Waals surface area contributed by atoms with Crippen LogP contribution in [0.25, 0.3) is 0 Å². The Kier molecular flexibility index (Phi) is 13.8. The Morgan fingerprint density at radius 1 is 1.29 bits per heavy atom. The molecule has 0 aliphatic heterocycles. The van der Waals surface area contributed by atoms with Crippen molar-refractivity contribution in [3.8, 4) is 0 Å². The molecule has 0 radical (unpaired) electrons. The standard InChI is InChI=1S/C17H27N3O2S.HI/c1-4-22-16(21)11-8-12-19-17(18-3)20-13-14(2)23-15-9-6-5-7-10-15;/h5-7,9-10,14H,4,8,11-13H2,1-3H3,(H2,18,19,20);1H. The highest BCUT2D eigenvalue weighted by molar-refractivity contribution is 14.0. The van der Waals surface area contributed by atoms with E-state index in [9.17, 15) is 4.79 Å². The molecule has 1 aromatic carbocycles. The van der Waals surface area contributed by atoms with Crippen LogP contribution >= 0.6 is 35.7 Å². The zero-order chi connectivity index (χ0) is 16.9. The summed E-state index contributed by atoms with van der Waals surface area (Å²) in [7, 11) is 1.75. The number of rotatable bonds is 9. The molecule has 0 aromatic heterocycles. The molecule has 136 valence electrons. The van der Waals surface area contributed by atoms with E-state index in [-0.39, 0.29) is 29.9 Å². The van der Waals surface area contributed by atoms with Gasteiger partial charge < -0.3 is 15.4 Å². The monoisotopic (exact) mass is 465 g/mol. The van der Waals surface area contributed by atoms with Crippen LogP contribution in [0.4, 0.5) is 0 Å².